The smallest absolute Gasteiger partial charge is 0.333 e. The maximum Gasteiger partial charge on any atom is 0.333 e. The average molecular weight is 359 g/mol. The molecule has 8 heteroatoms. The van der Waals surface area contributed by atoms with E-state index in [-0.39, 0.29) is 11.4 Å². The molecule has 0 aliphatic carbocycles. The number of nitrogens with zero attached hydrogens (tertiary/aromatic N) is 2. The first-order chi connectivity index (χ1) is 12.3. The number of Topliss-reactive ketones (excluding diaryl/α,β-unsaturated/α-hetero) is 1. The molecule has 1 saturated heterocycles. The number of urea groups is 1. The number of amides is 4. The zero-order chi connectivity index (χ0) is 19.4. The van der Waals surface area contributed by atoms with E-state index in [2.05, 4.69) is 5.32 Å². The van der Waals surface area contributed by atoms with Gasteiger partial charge in [0, 0.05) is 38.2 Å². The van der Waals surface area contributed by atoms with Crippen LogP contribution < -0.4 is 5.32 Å². The first-order valence-corrected chi connectivity index (χ1v) is 8.10. The van der Waals surface area contributed by atoms with Gasteiger partial charge in [-0.1, -0.05) is 0 Å². The van der Waals surface area contributed by atoms with Crippen molar-refractivity contribution in [3.63, 3.8) is 0 Å². The van der Waals surface area contributed by atoms with Crippen molar-refractivity contribution in [3.8, 4) is 0 Å². The van der Waals surface area contributed by atoms with Crippen molar-refractivity contribution in [1.82, 2.24) is 9.80 Å². The molecule has 26 heavy (non-hydrogen) atoms. The zero-order valence-corrected chi connectivity index (χ0v) is 15.1. The lowest BCUT2D eigenvalue weighted by molar-refractivity contribution is -0.134. The Kier molecular flexibility index (Phi) is 5.89. The predicted octanol–water partition coefficient (Wildman–Crippen LogP) is 1.64. The van der Waals surface area contributed by atoms with Crippen molar-refractivity contribution in [1.29, 1.82) is 0 Å². The second kappa shape index (κ2) is 7.92. The van der Waals surface area contributed by atoms with Gasteiger partial charge in [-0.25, -0.2) is 4.79 Å². The van der Waals surface area contributed by atoms with Crippen LogP contribution in [0.5, 0.6) is 0 Å². The molecule has 1 fully saturated rings. The van der Waals surface area contributed by atoms with Crippen molar-refractivity contribution in [3.05, 3.63) is 41.6 Å². The molecule has 0 spiro atoms. The van der Waals surface area contributed by atoms with Gasteiger partial charge in [0.25, 0.3) is 11.8 Å². The lowest BCUT2D eigenvalue weighted by Gasteiger charge is -2.28. The number of nitrogens with one attached hydrogen (secondary N) is 1. The van der Waals surface area contributed by atoms with Gasteiger partial charge in [-0.15, -0.1) is 0 Å². The zero-order valence-electron chi connectivity index (χ0n) is 15.1. The molecule has 1 N–H and O–H groups in total. The van der Waals surface area contributed by atoms with Crippen LogP contribution in [0.1, 0.15) is 24.2 Å². The third kappa shape index (κ3) is 3.80. The number of imide groups is 2. The summed E-state index contributed by atoms with van der Waals surface area (Å²) in [6.07, 6.45) is 0.728. The molecule has 0 saturated carbocycles. The van der Waals surface area contributed by atoms with E-state index in [1.54, 1.807) is 31.2 Å². The van der Waals surface area contributed by atoms with Crippen molar-refractivity contribution < 1.29 is 23.9 Å². The van der Waals surface area contributed by atoms with Crippen LogP contribution in [0.2, 0.25) is 0 Å². The lowest BCUT2D eigenvalue weighted by atomic mass is 10.1. The van der Waals surface area contributed by atoms with Crippen LogP contribution in [-0.2, 0) is 14.3 Å². The molecule has 4 amide bonds. The Labute approximate surface area is 151 Å². The third-order valence-electron chi connectivity index (χ3n) is 3.98. The largest absolute Gasteiger partial charge is 0.371 e. The highest BCUT2D eigenvalue weighted by molar-refractivity contribution is 6.28. The molecule has 0 bridgehead atoms. The van der Waals surface area contributed by atoms with Crippen LogP contribution in [0.3, 0.4) is 0 Å². The standard InChI is InChI=1S/C18H21N3O5/c1-5-26-11(2)15(22)12-6-8-13(9-7-12)19-10-14-16(23)20(3)18(25)21(4)17(14)24/h6-11,19H,5H2,1-4H3. The van der Waals surface area contributed by atoms with E-state index in [1.165, 1.54) is 20.3 Å². The van der Waals surface area contributed by atoms with E-state index in [0.717, 1.165) is 9.80 Å². The summed E-state index contributed by atoms with van der Waals surface area (Å²) in [7, 11) is 2.61. The van der Waals surface area contributed by atoms with Crippen molar-refractivity contribution in [2.45, 2.75) is 20.0 Å². The summed E-state index contributed by atoms with van der Waals surface area (Å²) in [6.45, 7) is 3.96. The maximum absolute atomic E-state index is 12.2. The second-order valence-corrected chi connectivity index (χ2v) is 5.75. The summed E-state index contributed by atoms with van der Waals surface area (Å²) < 4.78 is 5.28. The molecule has 2 rings (SSSR count). The van der Waals surface area contributed by atoms with Gasteiger partial charge < -0.3 is 10.1 Å². The van der Waals surface area contributed by atoms with Crippen molar-refractivity contribution >= 4 is 29.3 Å². The van der Waals surface area contributed by atoms with Gasteiger partial charge in [0.2, 0.25) is 0 Å². The number of likely N-dealkylation sites (N-methyl/N-ethyl adjacent to an activating group) is 2. The number of benzene rings is 1. The average Bonchev–Trinajstić information content (AvgIpc) is 2.65. The number of carbonyl (C=O) groups is 4. The van der Waals surface area contributed by atoms with Gasteiger partial charge >= 0.3 is 6.03 Å². The monoisotopic (exact) mass is 359 g/mol. The van der Waals surface area contributed by atoms with Crippen LogP contribution in [-0.4, -0.2) is 60.2 Å². The topological polar surface area (TPSA) is 96.0 Å². The molecule has 1 aromatic carbocycles. The molecule has 8 nitrogen and oxygen atoms in total. The van der Waals surface area contributed by atoms with Gasteiger partial charge in [0.1, 0.15) is 11.7 Å². The van der Waals surface area contributed by atoms with E-state index >= 15 is 0 Å². The Morgan fingerprint density at radius 2 is 1.65 bits per heavy atom. The number of hydrogen-bond acceptors (Lipinski definition) is 6. The summed E-state index contributed by atoms with van der Waals surface area (Å²) in [4.78, 5) is 49.7. The highest BCUT2D eigenvalue weighted by atomic mass is 16.5. The van der Waals surface area contributed by atoms with Crippen LogP contribution in [0, 0.1) is 0 Å². The summed E-state index contributed by atoms with van der Waals surface area (Å²) in [5.74, 6) is -1.48. The number of ether oxygens (including phenoxy) is 1. The molecule has 0 aromatic heterocycles. The number of rotatable bonds is 6. The Bertz CT molecular complexity index is 744. The van der Waals surface area contributed by atoms with Crippen LogP contribution in [0.15, 0.2) is 36.0 Å². The minimum Gasteiger partial charge on any atom is -0.371 e. The number of ketones is 1. The number of barbiturate groups is 1. The molecule has 0 radical (unpaired) electrons. The van der Waals surface area contributed by atoms with Crippen molar-refractivity contribution in [2.24, 2.45) is 0 Å². The fraction of sp³-hybridized carbons (Fsp3) is 0.333. The van der Waals surface area contributed by atoms with Gasteiger partial charge in [-0.2, -0.15) is 0 Å². The summed E-state index contributed by atoms with van der Waals surface area (Å²) in [5, 5.41) is 2.84. The van der Waals surface area contributed by atoms with Crippen LogP contribution >= 0.6 is 0 Å². The molecule has 1 aliphatic heterocycles. The first-order valence-electron chi connectivity index (χ1n) is 8.10. The van der Waals surface area contributed by atoms with Crippen LogP contribution in [0.25, 0.3) is 0 Å². The molecule has 1 atom stereocenters. The van der Waals surface area contributed by atoms with Gasteiger partial charge in [-0.05, 0) is 38.1 Å². The Hall–Kier alpha value is -3.00. The summed E-state index contributed by atoms with van der Waals surface area (Å²) in [5.41, 5.74) is 0.930. The van der Waals surface area contributed by atoms with E-state index < -0.39 is 23.9 Å². The Morgan fingerprint density at radius 3 is 2.15 bits per heavy atom. The highest BCUT2D eigenvalue weighted by Gasteiger charge is 2.37. The number of carbonyl (C=O) groups excluding carboxylic acids is 4. The molecule has 1 unspecified atom stereocenters. The minimum absolute atomic E-state index is 0.129. The van der Waals surface area contributed by atoms with E-state index in [9.17, 15) is 19.2 Å². The predicted molar refractivity (Wildman–Crippen MR) is 94.5 cm³/mol. The lowest BCUT2D eigenvalue weighted by Crippen LogP contribution is -2.53. The quantitative estimate of drug-likeness (QED) is 0.471. The third-order valence-corrected chi connectivity index (χ3v) is 3.98. The van der Waals surface area contributed by atoms with Crippen molar-refractivity contribution in [2.75, 3.05) is 26.0 Å². The van der Waals surface area contributed by atoms with Gasteiger partial charge in [0.05, 0.1) is 0 Å². The molecule has 1 aromatic rings. The molecule has 1 heterocycles. The summed E-state index contributed by atoms with van der Waals surface area (Å²) in [6, 6.07) is 5.89. The molecular formula is C18H21N3O5. The van der Waals surface area contributed by atoms with Gasteiger partial charge in [-0.3, -0.25) is 24.2 Å². The van der Waals surface area contributed by atoms with Crippen LogP contribution in [0.4, 0.5) is 10.5 Å². The Balaban J connectivity index is 2.13. The SMILES string of the molecule is CCOC(C)C(=O)c1ccc(NC=C2C(=O)N(C)C(=O)N(C)C2=O)cc1. The van der Waals surface area contributed by atoms with E-state index in [1.807, 2.05) is 6.92 Å². The fourth-order valence-electron chi connectivity index (χ4n) is 2.42. The number of anilines is 1. The second-order valence-electron chi connectivity index (χ2n) is 5.75. The van der Waals surface area contributed by atoms with Gasteiger partial charge in [0.15, 0.2) is 5.78 Å². The molecule has 1 aliphatic rings. The molecular weight excluding hydrogens is 338 g/mol. The highest BCUT2D eigenvalue weighted by Crippen LogP contribution is 2.16. The normalized spacial score (nSPS) is 16.0. The number of hydrogen-bond donors (Lipinski definition) is 1. The first kappa shape index (κ1) is 19.3. The minimum atomic E-state index is -0.678. The Morgan fingerprint density at radius 1 is 1.12 bits per heavy atom. The molecule has 138 valence electrons. The van der Waals surface area contributed by atoms with E-state index in [4.69, 9.17) is 4.74 Å². The maximum atomic E-state index is 12.2. The fourth-order valence-corrected chi connectivity index (χ4v) is 2.42. The summed E-state index contributed by atoms with van der Waals surface area (Å²) >= 11 is 0. The van der Waals surface area contributed by atoms with E-state index in [0.29, 0.717) is 17.9 Å².